The zero-order valence-electron chi connectivity index (χ0n) is 10.5. The minimum absolute atomic E-state index is 0.299. The Balaban J connectivity index is 2.35. The van der Waals surface area contributed by atoms with Crippen molar-refractivity contribution < 1.29 is 5.11 Å². The van der Waals surface area contributed by atoms with Crippen LogP contribution in [0.2, 0.25) is 0 Å². The van der Waals surface area contributed by atoms with Crippen LogP contribution in [0.1, 0.15) is 52.9 Å². The van der Waals surface area contributed by atoms with Crippen molar-refractivity contribution >= 4 is 0 Å². The van der Waals surface area contributed by atoms with Crippen molar-refractivity contribution in [2.45, 2.75) is 65.0 Å². The summed E-state index contributed by atoms with van der Waals surface area (Å²) >= 11 is 0. The van der Waals surface area contributed by atoms with Gasteiger partial charge in [-0.05, 0) is 38.0 Å². The van der Waals surface area contributed by atoms with Crippen LogP contribution in [0, 0.1) is 11.8 Å². The number of nitrogens with one attached hydrogen (secondary N) is 1. The lowest BCUT2D eigenvalue weighted by atomic mass is 9.95. The maximum Gasteiger partial charge on any atom is 0.0445 e. The predicted octanol–water partition coefficient (Wildman–Crippen LogP) is 2.56. The summed E-state index contributed by atoms with van der Waals surface area (Å²) < 4.78 is 0. The van der Waals surface area contributed by atoms with E-state index in [0.717, 1.165) is 12.3 Å². The molecule has 1 aliphatic rings. The lowest BCUT2D eigenvalue weighted by Crippen LogP contribution is -2.43. The highest BCUT2D eigenvalue weighted by atomic mass is 16.3. The first-order chi connectivity index (χ1) is 7.15. The number of aliphatic hydroxyl groups excluding tert-OH is 1. The van der Waals surface area contributed by atoms with Gasteiger partial charge in [0.15, 0.2) is 0 Å². The van der Waals surface area contributed by atoms with E-state index >= 15 is 0 Å². The number of rotatable bonds is 6. The van der Waals surface area contributed by atoms with Crippen molar-refractivity contribution in [1.82, 2.24) is 5.32 Å². The monoisotopic (exact) mass is 213 g/mol. The number of hydrogen-bond donors (Lipinski definition) is 2. The number of hydrogen-bond acceptors (Lipinski definition) is 2. The van der Waals surface area contributed by atoms with Gasteiger partial charge in [-0.25, -0.2) is 0 Å². The van der Waals surface area contributed by atoms with Gasteiger partial charge in [0.05, 0.1) is 0 Å². The van der Waals surface area contributed by atoms with Gasteiger partial charge in [-0.15, -0.1) is 0 Å². The molecule has 0 heterocycles. The molecule has 0 aromatic heterocycles. The number of aliphatic hydroxyl groups is 1. The molecule has 2 nitrogen and oxygen atoms in total. The van der Waals surface area contributed by atoms with E-state index in [9.17, 15) is 0 Å². The molecule has 90 valence electrons. The Kier molecular flexibility index (Phi) is 5.62. The summed E-state index contributed by atoms with van der Waals surface area (Å²) in [5.41, 5.74) is 0. The SMILES string of the molecule is CC(C)C(CCO)NC(C)C1CCCC1. The van der Waals surface area contributed by atoms with E-state index in [4.69, 9.17) is 5.11 Å². The summed E-state index contributed by atoms with van der Waals surface area (Å²) in [6.07, 6.45) is 6.47. The Morgan fingerprint density at radius 3 is 2.27 bits per heavy atom. The molecule has 0 aromatic carbocycles. The molecule has 2 unspecified atom stereocenters. The minimum atomic E-state index is 0.299. The molecule has 2 atom stereocenters. The maximum absolute atomic E-state index is 9.02. The van der Waals surface area contributed by atoms with Crippen LogP contribution < -0.4 is 5.32 Å². The lowest BCUT2D eigenvalue weighted by molar-refractivity contribution is 0.223. The average molecular weight is 213 g/mol. The molecule has 0 spiro atoms. The van der Waals surface area contributed by atoms with Gasteiger partial charge in [0, 0.05) is 18.7 Å². The van der Waals surface area contributed by atoms with Crippen LogP contribution in [0.3, 0.4) is 0 Å². The smallest absolute Gasteiger partial charge is 0.0445 e. The minimum Gasteiger partial charge on any atom is -0.396 e. The fourth-order valence-corrected chi connectivity index (χ4v) is 2.68. The molecule has 0 amide bonds. The third kappa shape index (κ3) is 4.12. The first-order valence-corrected chi connectivity index (χ1v) is 6.52. The molecular weight excluding hydrogens is 186 g/mol. The third-order valence-corrected chi connectivity index (χ3v) is 3.83. The van der Waals surface area contributed by atoms with Gasteiger partial charge in [0.2, 0.25) is 0 Å². The van der Waals surface area contributed by atoms with Gasteiger partial charge in [-0.1, -0.05) is 26.7 Å². The molecule has 1 fully saturated rings. The van der Waals surface area contributed by atoms with Crippen LogP contribution in [0.15, 0.2) is 0 Å². The van der Waals surface area contributed by atoms with Crippen molar-refractivity contribution in [2.24, 2.45) is 11.8 Å². The van der Waals surface area contributed by atoms with Gasteiger partial charge >= 0.3 is 0 Å². The quantitative estimate of drug-likeness (QED) is 0.711. The van der Waals surface area contributed by atoms with Gasteiger partial charge < -0.3 is 10.4 Å². The molecule has 15 heavy (non-hydrogen) atoms. The average Bonchev–Trinajstić information content (AvgIpc) is 2.69. The molecule has 2 heteroatoms. The molecule has 0 aliphatic heterocycles. The first kappa shape index (κ1) is 13.0. The topological polar surface area (TPSA) is 32.3 Å². The Bertz CT molecular complexity index is 164. The summed E-state index contributed by atoms with van der Waals surface area (Å²) in [4.78, 5) is 0. The van der Waals surface area contributed by atoms with E-state index in [1.54, 1.807) is 0 Å². The van der Waals surface area contributed by atoms with Crippen LogP contribution in [0.25, 0.3) is 0 Å². The van der Waals surface area contributed by atoms with Crippen LogP contribution in [0.5, 0.6) is 0 Å². The zero-order chi connectivity index (χ0) is 11.3. The van der Waals surface area contributed by atoms with Gasteiger partial charge in [0.25, 0.3) is 0 Å². The molecule has 2 N–H and O–H groups in total. The summed E-state index contributed by atoms with van der Waals surface area (Å²) in [7, 11) is 0. The third-order valence-electron chi connectivity index (χ3n) is 3.83. The largest absolute Gasteiger partial charge is 0.396 e. The van der Waals surface area contributed by atoms with Crippen LogP contribution in [0.4, 0.5) is 0 Å². The van der Waals surface area contributed by atoms with E-state index < -0.39 is 0 Å². The van der Waals surface area contributed by atoms with Crippen LogP contribution in [-0.4, -0.2) is 23.8 Å². The Morgan fingerprint density at radius 2 is 1.80 bits per heavy atom. The molecule has 0 radical (unpaired) electrons. The summed E-state index contributed by atoms with van der Waals surface area (Å²) in [6, 6.07) is 1.09. The fraction of sp³-hybridized carbons (Fsp3) is 1.00. The molecule has 1 saturated carbocycles. The second kappa shape index (κ2) is 6.49. The van der Waals surface area contributed by atoms with E-state index in [2.05, 4.69) is 26.1 Å². The van der Waals surface area contributed by atoms with E-state index in [0.29, 0.717) is 24.6 Å². The second-order valence-electron chi connectivity index (χ2n) is 5.36. The van der Waals surface area contributed by atoms with E-state index in [1.165, 1.54) is 25.7 Å². The maximum atomic E-state index is 9.02. The van der Waals surface area contributed by atoms with Crippen LogP contribution in [-0.2, 0) is 0 Å². The highest BCUT2D eigenvalue weighted by Gasteiger charge is 2.24. The zero-order valence-corrected chi connectivity index (χ0v) is 10.5. The normalized spacial score (nSPS) is 22.2. The molecule has 0 bridgehead atoms. The molecular formula is C13H27NO. The van der Waals surface area contributed by atoms with Crippen molar-refractivity contribution in [3.63, 3.8) is 0 Å². The first-order valence-electron chi connectivity index (χ1n) is 6.52. The summed E-state index contributed by atoms with van der Waals surface area (Å²) in [6.45, 7) is 7.07. The molecule has 1 rings (SSSR count). The van der Waals surface area contributed by atoms with E-state index in [1.807, 2.05) is 0 Å². The van der Waals surface area contributed by atoms with Crippen molar-refractivity contribution in [3.8, 4) is 0 Å². The standard InChI is InChI=1S/C13H27NO/c1-10(2)13(8-9-15)14-11(3)12-6-4-5-7-12/h10-15H,4-9H2,1-3H3. The van der Waals surface area contributed by atoms with Gasteiger partial charge in [0.1, 0.15) is 0 Å². The van der Waals surface area contributed by atoms with Gasteiger partial charge in [-0.3, -0.25) is 0 Å². The van der Waals surface area contributed by atoms with Crippen molar-refractivity contribution in [3.05, 3.63) is 0 Å². The molecule has 0 saturated heterocycles. The van der Waals surface area contributed by atoms with Crippen LogP contribution >= 0.6 is 0 Å². The Hall–Kier alpha value is -0.0800. The van der Waals surface area contributed by atoms with Gasteiger partial charge in [-0.2, -0.15) is 0 Å². The summed E-state index contributed by atoms with van der Waals surface area (Å²) in [5.74, 6) is 1.48. The van der Waals surface area contributed by atoms with Crippen molar-refractivity contribution in [2.75, 3.05) is 6.61 Å². The second-order valence-corrected chi connectivity index (χ2v) is 5.36. The Morgan fingerprint density at radius 1 is 1.20 bits per heavy atom. The predicted molar refractivity (Wildman–Crippen MR) is 64.9 cm³/mol. The lowest BCUT2D eigenvalue weighted by Gasteiger charge is -2.29. The van der Waals surface area contributed by atoms with Crippen molar-refractivity contribution in [1.29, 1.82) is 0 Å². The Labute approximate surface area is 94.5 Å². The molecule has 1 aliphatic carbocycles. The summed E-state index contributed by atoms with van der Waals surface area (Å²) in [5, 5.41) is 12.7. The fourth-order valence-electron chi connectivity index (χ4n) is 2.68. The van der Waals surface area contributed by atoms with E-state index in [-0.39, 0.29) is 0 Å². The molecule has 0 aromatic rings. The highest BCUT2D eigenvalue weighted by molar-refractivity contribution is 4.81. The highest BCUT2D eigenvalue weighted by Crippen LogP contribution is 2.28.